The van der Waals surface area contributed by atoms with Crippen molar-refractivity contribution < 1.29 is 37.3 Å². The van der Waals surface area contributed by atoms with E-state index in [4.69, 9.17) is 30.5 Å². The van der Waals surface area contributed by atoms with Gasteiger partial charge in [-0.05, 0) is 54.8 Å². The molecule has 208 valence electrons. The van der Waals surface area contributed by atoms with Gasteiger partial charge in [0.25, 0.3) is 0 Å². The normalized spacial score (nSPS) is 15.3. The second kappa shape index (κ2) is 12.4. The van der Waals surface area contributed by atoms with Gasteiger partial charge in [-0.15, -0.1) is 0 Å². The van der Waals surface area contributed by atoms with Gasteiger partial charge in [0.05, 0.1) is 25.6 Å². The predicted molar refractivity (Wildman–Crippen MR) is 148 cm³/mol. The molecule has 1 saturated heterocycles. The van der Waals surface area contributed by atoms with Crippen LogP contribution in [0, 0.1) is 0 Å². The zero-order valence-corrected chi connectivity index (χ0v) is 23.3. The first-order valence-electron chi connectivity index (χ1n) is 12.5. The first-order chi connectivity index (χ1) is 18.6. The average Bonchev–Trinajstić information content (AvgIpc) is 2.88. The van der Waals surface area contributed by atoms with Crippen LogP contribution in [0.5, 0.6) is 11.5 Å². The standard InChI is InChI=1S/C29H31ClO8S/c1-20(28(31)32)38-29(18-35-19-29)23-9-11-24(12-10-23)37-17-22-16-21(25-6-3-4-7-26(25)30)8-13-27(22)36-14-5-15-39(2,33)34/h3-4,6-13,16,20H,5,14-15,17-19H2,1-2H3,(H,31,32). The second-order valence-corrected chi connectivity index (χ2v) is 12.2. The van der Waals surface area contributed by atoms with Crippen molar-refractivity contribution in [2.24, 2.45) is 0 Å². The van der Waals surface area contributed by atoms with Crippen molar-refractivity contribution in [3.05, 3.63) is 82.9 Å². The number of hydrogen-bond acceptors (Lipinski definition) is 7. The Morgan fingerprint density at radius 2 is 1.79 bits per heavy atom. The van der Waals surface area contributed by atoms with Gasteiger partial charge in [0, 0.05) is 22.4 Å². The summed E-state index contributed by atoms with van der Waals surface area (Å²) in [5.74, 6) is 0.212. The van der Waals surface area contributed by atoms with E-state index in [9.17, 15) is 18.3 Å². The Kier molecular flexibility index (Phi) is 9.17. The number of carboxylic acid groups (broad SMARTS) is 1. The van der Waals surface area contributed by atoms with E-state index < -0.39 is 27.5 Å². The zero-order chi connectivity index (χ0) is 28.0. The van der Waals surface area contributed by atoms with Gasteiger partial charge in [0.2, 0.25) is 0 Å². The van der Waals surface area contributed by atoms with E-state index in [1.807, 2.05) is 54.6 Å². The maximum absolute atomic E-state index is 11.5. The van der Waals surface area contributed by atoms with Crippen LogP contribution in [0.25, 0.3) is 11.1 Å². The summed E-state index contributed by atoms with van der Waals surface area (Å²) >= 11 is 6.41. The molecule has 0 bridgehead atoms. The molecule has 0 aliphatic carbocycles. The molecule has 3 aromatic rings. The molecule has 1 aliphatic heterocycles. The molecule has 1 fully saturated rings. The van der Waals surface area contributed by atoms with Crippen LogP contribution in [0.2, 0.25) is 5.02 Å². The molecule has 0 spiro atoms. The third-order valence-corrected chi connectivity index (χ3v) is 7.72. The third kappa shape index (κ3) is 7.51. The highest BCUT2D eigenvalue weighted by atomic mass is 35.5. The Bertz CT molecular complexity index is 1400. The van der Waals surface area contributed by atoms with Crippen molar-refractivity contribution in [3.63, 3.8) is 0 Å². The summed E-state index contributed by atoms with van der Waals surface area (Å²) in [5.41, 5.74) is 2.56. The predicted octanol–water partition coefficient (Wildman–Crippen LogP) is 5.11. The van der Waals surface area contributed by atoms with E-state index in [0.717, 1.165) is 22.3 Å². The number of benzene rings is 3. The molecule has 1 unspecified atom stereocenters. The highest BCUT2D eigenvalue weighted by Crippen LogP contribution is 2.36. The summed E-state index contributed by atoms with van der Waals surface area (Å²) in [7, 11) is -3.07. The minimum Gasteiger partial charge on any atom is -0.493 e. The first-order valence-corrected chi connectivity index (χ1v) is 14.9. The lowest BCUT2D eigenvalue weighted by atomic mass is 9.91. The van der Waals surface area contributed by atoms with E-state index in [2.05, 4.69) is 0 Å². The number of aliphatic carboxylic acids is 1. The number of rotatable bonds is 13. The highest BCUT2D eigenvalue weighted by molar-refractivity contribution is 7.90. The zero-order valence-electron chi connectivity index (χ0n) is 21.8. The van der Waals surface area contributed by atoms with Gasteiger partial charge in [-0.25, -0.2) is 13.2 Å². The quantitative estimate of drug-likeness (QED) is 0.280. The van der Waals surface area contributed by atoms with Crippen LogP contribution >= 0.6 is 11.6 Å². The number of sulfone groups is 1. The monoisotopic (exact) mass is 574 g/mol. The van der Waals surface area contributed by atoms with Crippen LogP contribution in [0.3, 0.4) is 0 Å². The fraction of sp³-hybridized carbons (Fsp3) is 0.345. The van der Waals surface area contributed by atoms with Crippen LogP contribution < -0.4 is 9.47 Å². The van der Waals surface area contributed by atoms with E-state index in [1.165, 1.54) is 13.2 Å². The number of carbonyl (C=O) groups is 1. The summed E-state index contributed by atoms with van der Waals surface area (Å²) in [5, 5.41) is 9.86. The first kappa shape index (κ1) is 28.9. The van der Waals surface area contributed by atoms with Gasteiger partial charge in [-0.2, -0.15) is 0 Å². The third-order valence-electron chi connectivity index (χ3n) is 6.36. The maximum Gasteiger partial charge on any atom is 0.332 e. The van der Waals surface area contributed by atoms with Gasteiger partial charge < -0.3 is 24.1 Å². The minimum absolute atomic E-state index is 0.0460. The summed E-state index contributed by atoms with van der Waals surface area (Å²) in [6.45, 7) is 2.50. The molecule has 0 amide bonds. The van der Waals surface area contributed by atoms with Crippen LogP contribution in [0.15, 0.2) is 66.7 Å². The van der Waals surface area contributed by atoms with Crippen molar-refractivity contribution >= 4 is 27.4 Å². The van der Waals surface area contributed by atoms with Crippen LogP contribution in [0.1, 0.15) is 24.5 Å². The topological polar surface area (TPSA) is 108 Å². The Morgan fingerprint density at radius 3 is 2.41 bits per heavy atom. The van der Waals surface area contributed by atoms with Crippen LogP contribution in [-0.2, 0) is 36.3 Å². The summed E-state index contributed by atoms with van der Waals surface area (Å²) < 4.78 is 46.1. The molecule has 0 aromatic heterocycles. The molecular weight excluding hydrogens is 544 g/mol. The lowest BCUT2D eigenvalue weighted by Gasteiger charge is -2.42. The summed E-state index contributed by atoms with van der Waals surface area (Å²) in [6.07, 6.45) is 0.612. The number of carboxylic acids is 1. The van der Waals surface area contributed by atoms with Crippen molar-refractivity contribution in [1.82, 2.24) is 0 Å². The summed E-state index contributed by atoms with van der Waals surface area (Å²) in [6, 6.07) is 20.5. The smallest absolute Gasteiger partial charge is 0.332 e. The van der Waals surface area contributed by atoms with E-state index in [-0.39, 0.29) is 32.2 Å². The highest BCUT2D eigenvalue weighted by Gasteiger charge is 2.44. The van der Waals surface area contributed by atoms with Gasteiger partial charge in [0.1, 0.15) is 33.5 Å². The SMILES string of the molecule is CC(OC1(c2ccc(OCc3cc(-c4ccccc4Cl)ccc3OCCCS(C)(=O)=O)cc2)COC1)C(=O)O. The molecule has 8 nitrogen and oxygen atoms in total. The number of halogens is 1. The van der Waals surface area contributed by atoms with Crippen LogP contribution in [-0.4, -0.2) is 57.4 Å². The van der Waals surface area contributed by atoms with E-state index in [0.29, 0.717) is 22.9 Å². The lowest BCUT2D eigenvalue weighted by molar-refractivity contribution is -0.237. The molecule has 39 heavy (non-hydrogen) atoms. The number of hydrogen-bond donors (Lipinski definition) is 1. The van der Waals surface area contributed by atoms with E-state index in [1.54, 1.807) is 12.1 Å². The van der Waals surface area contributed by atoms with Crippen molar-refractivity contribution in [3.8, 4) is 22.6 Å². The molecule has 0 saturated carbocycles. The Labute approximate surface area is 233 Å². The average molecular weight is 575 g/mol. The fourth-order valence-electron chi connectivity index (χ4n) is 4.19. The second-order valence-electron chi connectivity index (χ2n) is 9.53. The van der Waals surface area contributed by atoms with Crippen molar-refractivity contribution in [1.29, 1.82) is 0 Å². The van der Waals surface area contributed by atoms with Gasteiger partial charge in [-0.3, -0.25) is 0 Å². The summed E-state index contributed by atoms with van der Waals surface area (Å²) in [4.78, 5) is 11.3. The van der Waals surface area contributed by atoms with Crippen molar-refractivity contribution in [2.45, 2.75) is 31.7 Å². The van der Waals surface area contributed by atoms with Crippen LogP contribution in [0.4, 0.5) is 0 Å². The lowest BCUT2D eigenvalue weighted by Crippen LogP contribution is -2.51. The van der Waals surface area contributed by atoms with Gasteiger partial charge in [0.15, 0.2) is 6.10 Å². The van der Waals surface area contributed by atoms with Crippen molar-refractivity contribution in [2.75, 3.05) is 31.8 Å². The fourth-order valence-corrected chi connectivity index (χ4v) is 5.08. The molecule has 4 rings (SSSR count). The van der Waals surface area contributed by atoms with Gasteiger partial charge in [-0.1, -0.05) is 48.0 Å². The molecule has 1 atom stereocenters. The Morgan fingerprint density at radius 1 is 1.08 bits per heavy atom. The van der Waals surface area contributed by atoms with Gasteiger partial charge >= 0.3 is 5.97 Å². The molecular formula is C29H31ClO8S. The molecule has 1 heterocycles. The van der Waals surface area contributed by atoms with E-state index >= 15 is 0 Å². The molecule has 3 aromatic carbocycles. The molecule has 1 aliphatic rings. The molecule has 10 heteroatoms. The Hall–Kier alpha value is -3.11. The largest absolute Gasteiger partial charge is 0.493 e. The maximum atomic E-state index is 11.5. The number of ether oxygens (including phenoxy) is 4. The minimum atomic E-state index is -3.07. The molecule has 1 N–H and O–H groups in total. The Balaban J connectivity index is 1.50. The molecule has 0 radical (unpaired) electrons.